The average molecular weight is 329 g/mol. The lowest BCUT2D eigenvalue weighted by molar-refractivity contribution is 0.285. The molecule has 3 aromatic rings. The Labute approximate surface area is 139 Å². The van der Waals surface area contributed by atoms with E-state index in [1.54, 1.807) is 6.20 Å². The summed E-state index contributed by atoms with van der Waals surface area (Å²) < 4.78 is 0. The average Bonchev–Trinajstić information content (AvgIpc) is 3.11. The van der Waals surface area contributed by atoms with Crippen molar-refractivity contribution in [3.05, 3.63) is 40.5 Å². The molecule has 23 heavy (non-hydrogen) atoms. The fourth-order valence-corrected chi connectivity index (χ4v) is 3.20. The molecule has 1 aliphatic carbocycles. The molecule has 1 fully saturated rings. The number of thiophene rings is 1. The van der Waals surface area contributed by atoms with Crippen molar-refractivity contribution in [1.29, 1.82) is 0 Å². The van der Waals surface area contributed by atoms with E-state index in [0.717, 1.165) is 27.0 Å². The van der Waals surface area contributed by atoms with E-state index in [0.29, 0.717) is 11.7 Å². The third kappa shape index (κ3) is 2.97. The number of aromatic amines is 1. The molecule has 0 radical (unpaired) electrons. The van der Waals surface area contributed by atoms with Gasteiger partial charge in [0.15, 0.2) is 11.6 Å². The van der Waals surface area contributed by atoms with Crippen LogP contribution in [0.5, 0.6) is 0 Å². The minimum atomic E-state index is 0. The predicted octanol–water partition coefficient (Wildman–Crippen LogP) is 3.60. The van der Waals surface area contributed by atoms with Crippen molar-refractivity contribution >= 4 is 23.0 Å². The van der Waals surface area contributed by atoms with Crippen molar-refractivity contribution in [2.75, 3.05) is 5.32 Å². The second kappa shape index (κ2) is 5.75. The van der Waals surface area contributed by atoms with Crippen LogP contribution in [0.1, 0.15) is 36.3 Å². The highest BCUT2D eigenvalue weighted by Crippen LogP contribution is 2.39. The Balaban J connectivity index is 0.00000169. The highest BCUT2D eigenvalue weighted by atomic mass is 32.1. The molecule has 1 aliphatic rings. The molecule has 120 valence electrons. The molecular weight excluding hydrogens is 310 g/mol. The Kier molecular flexibility index (Phi) is 3.59. The molecule has 0 unspecified atom stereocenters. The fraction of sp³-hybridized carbons (Fsp3) is 0.312. The number of hydrogen-bond donors (Lipinski definition) is 3. The maximum atomic E-state index is 9.19. The zero-order valence-corrected chi connectivity index (χ0v) is 13.5. The molecule has 0 aliphatic heterocycles. The predicted molar refractivity (Wildman–Crippen MR) is 92.0 cm³/mol. The molecule has 4 rings (SSSR count). The number of aliphatic hydroxyl groups is 1. The highest BCUT2D eigenvalue weighted by Gasteiger charge is 2.25. The number of H-pyrrole nitrogens is 1. The summed E-state index contributed by atoms with van der Waals surface area (Å²) in [6.07, 6.45) is 4.28. The number of anilines is 2. The summed E-state index contributed by atoms with van der Waals surface area (Å²) >= 11 is 1.50. The SMILES string of the molecule is Cc1cnc(-c2ccc(CO)s2)nc1Nc1cc(C2CC2)[nH]n1.[HH]. The lowest BCUT2D eigenvalue weighted by Gasteiger charge is -2.06. The van der Waals surface area contributed by atoms with E-state index in [1.807, 2.05) is 25.1 Å². The zero-order chi connectivity index (χ0) is 15.8. The van der Waals surface area contributed by atoms with Crippen LogP contribution in [0, 0.1) is 6.92 Å². The van der Waals surface area contributed by atoms with E-state index in [1.165, 1.54) is 29.9 Å². The van der Waals surface area contributed by atoms with Crippen LogP contribution in [-0.4, -0.2) is 25.3 Å². The Morgan fingerprint density at radius 2 is 2.30 bits per heavy atom. The first-order chi connectivity index (χ1) is 11.2. The van der Waals surface area contributed by atoms with Gasteiger partial charge >= 0.3 is 0 Å². The van der Waals surface area contributed by atoms with Gasteiger partial charge in [-0.3, -0.25) is 5.10 Å². The second-order valence-corrected chi connectivity index (χ2v) is 6.93. The van der Waals surface area contributed by atoms with Crippen LogP contribution in [0.3, 0.4) is 0 Å². The molecule has 6 nitrogen and oxygen atoms in total. The summed E-state index contributed by atoms with van der Waals surface area (Å²) in [6, 6.07) is 5.88. The minimum Gasteiger partial charge on any atom is -0.391 e. The van der Waals surface area contributed by atoms with Crippen molar-refractivity contribution in [2.24, 2.45) is 0 Å². The molecule has 3 N–H and O–H groups in total. The smallest absolute Gasteiger partial charge is 0.171 e. The van der Waals surface area contributed by atoms with Gasteiger partial charge in [0.2, 0.25) is 0 Å². The van der Waals surface area contributed by atoms with Gasteiger partial charge in [-0.05, 0) is 31.9 Å². The van der Waals surface area contributed by atoms with Gasteiger partial charge in [0.1, 0.15) is 5.82 Å². The standard InChI is InChI=1S/C16H17N5OS.H2/c1-9-7-17-16(13-5-4-11(8-22)23-13)19-15(9)18-14-6-12(20-21-14)10-2-3-10;/h4-7,10,22H,2-3,8H2,1H3,(H2,17,18,19,20,21);1H. The van der Waals surface area contributed by atoms with E-state index in [-0.39, 0.29) is 8.03 Å². The summed E-state index contributed by atoms with van der Waals surface area (Å²) in [5.74, 6) is 2.83. The maximum absolute atomic E-state index is 9.19. The summed E-state index contributed by atoms with van der Waals surface area (Å²) in [6.45, 7) is 2.01. The van der Waals surface area contributed by atoms with E-state index < -0.39 is 0 Å². The van der Waals surface area contributed by atoms with E-state index >= 15 is 0 Å². The van der Waals surface area contributed by atoms with Gasteiger partial charge in [-0.15, -0.1) is 11.3 Å². The molecule has 0 bridgehead atoms. The molecule has 1 saturated carbocycles. The molecule has 0 atom stereocenters. The molecule has 0 spiro atoms. The monoisotopic (exact) mass is 329 g/mol. The molecule has 0 amide bonds. The van der Waals surface area contributed by atoms with Crippen LogP contribution in [0.4, 0.5) is 11.6 Å². The quantitative estimate of drug-likeness (QED) is 0.666. The Morgan fingerprint density at radius 1 is 1.43 bits per heavy atom. The first kappa shape index (κ1) is 14.3. The van der Waals surface area contributed by atoms with E-state index in [4.69, 9.17) is 0 Å². The van der Waals surface area contributed by atoms with Gasteiger partial charge in [-0.1, -0.05) is 0 Å². The van der Waals surface area contributed by atoms with Crippen LogP contribution in [0.15, 0.2) is 24.4 Å². The van der Waals surface area contributed by atoms with Crippen LogP contribution < -0.4 is 5.32 Å². The van der Waals surface area contributed by atoms with Crippen LogP contribution >= 0.6 is 11.3 Å². The Bertz CT molecular complexity index is 843. The summed E-state index contributed by atoms with van der Waals surface area (Å²) in [5.41, 5.74) is 2.15. The highest BCUT2D eigenvalue weighted by molar-refractivity contribution is 7.15. The van der Waals surface area contributed by atoms with Crippen LogP contribution in [0.25, 0.3) is 10.7 Å². The third-order valence-corrected chi connectivity index (χ3v) is 4.94. The van der Waals surface area contributed by atoms with Crippen molar-refractivity contribution in [2.45, 2.75) is 32.3 Å². The first-order valence-corrected chi connectivity index (χ1v) is 8.40. The molecule has 3 aromatic heterocycles. The number of nitrogens with zero attached hydrogens (tertiary/aromatic N) is 3. The van der Waals surface area contributed by atoms with Crippen LogP contribution in [0.2, 0.25) is 0 Å². The van der Waals surface area contributed by atoms with Crippen LogP contribution in [-0.2, 0) is 6.61 Å². The van der Waals surface area contributed by atoms with Gasteiger partial charge in [0.25, 0.3) is 0 Å². The normalized spacial score (nSPS) is 14.2. The fourth-order valence-electron chi connectivity index (χ4n) is 2.40. The minimum absolute atomic E-state index is 0. The first-order valence-electron chi connectivity index (χ1n) is 7.59. The van der Waals surface area contributed by atoms with Crippen molar-refractivity contribution in [1.82, 2.24) is 20.2 Å². The number of aromatic nitrogens is 4. The number of hydrogen-bond acceptors (Lipinski definition) is 6. The lowest BCUT2D eigenvalue weighted by Crippen LogP contribution is -1.99. The summed E-state index contributed by atoms with van der Waals surface area (Å²) in [4.78, 5) is 10.8. The summed E-state index contributed by atoms with van der Waals surface area (Å²) in [7, 11) is 0. The maximum Gasteiger partial charge on any atom is 0.171 e. The van der Waals surface area contributed by atoms with Gasteiger partial charge < -0.3 is 10.4 Å². The number of rotatable bonds is 5. The second-order valence-electron chi connectivity index (χ2n) is 5.76. The van der Waals surface area contributed by atoms with Gasteiger partial charge in [-0.2, -0.15) is 5.10 Å². The number of aliphatic hydroxyl groups excluding tert-OH is 1. The van der Waals surface area contributed by atoms with Crippen molar-refractivity contribution in [3.8, 4) is 10.7 Å². The Hall–Kier alpha value is -2.25. The largest absolute Gasteiger partial charge is 0.391 e. The third-order valence-electron chi connectivity index (χ3n) is 3.87. The Morgan fingerprint density at radius 3 is 3.04 bits per heavy atom. The molecule has 3 heterocycles. The van der Waals surface area contributed by atoms with E-state index in [2.05, 4.69) is 25.5 Å². The molecule has 0 saturated heterocycles. The van der Waals surface area contributed by atoms with Crippen molar-refractivity contribution < 1.29 is 6.53 Å². The zero-order valence-electron chi connectivity index (χ0n) is 12.7. The van der Waals surface area contributed by atoms with Crippen molar-refractivity contribution in [3.63, 3.8) is 0 Å². The summed E-state index contributed by atoms with van der Waals surface area (Å²) in [5, 5.41) is 19.8. The van der Waals surface area contributed by atoms with E-state index in [9.17, 15) is 5.11 Å². The number of nitrogens with one attached hydrogen (secondary N) is 2. The molecule has 7 heteroatoms. The number of aryl methyl sites for hydroxylation is 1. The van der Waals surface area contributed by atoms with Gasteiger partial charge in [0, 0.05) is 35.7 Å². The molecular formula is C16H19N5OS. The lowest BCUT2D eigenvalue weighted by atomic mass is 10.3. The topological polar surface area (TPSA) is 86.7 Å². The van der Waals surface area contributed by atoms with Gasteiger partial charge in [-0.25, -0.2) is 9.97 Å². The van der Waals surface area contributed by atoms with Gasteiger partial charge in [0.05, 0.1) is 11.5 Å². The molecule has 0 aromatic carbocycles.